The van der Waals surface area contributed by atoms with E-state index >= 15 is 0 Å². The predicted octanol–water partition coefficient (Wildman–Crippen LogP) is 2.64. The molecule has 0 unspecified atom stereocenters. The molecule has 0 saturated carbocycles. The van der Waals surface area contributed by atoms with E-state index in [1.807, 2.05) is 25.1 Å². The van der Waals surface area contributed by atoms with Crippen molar-refractivity contribution in [1.29, 1.82) is 0 Å². The summed E-state index contributed by atoms with van der Waals surface area (Å²) >= 11 is 0. The second-order valence-corrected chi connectivity index (χ2v) is 8.58. The molecular formula is C27H48O10. The number of rotatable bonds is 26. The Morgan fingerprint density at radius 2 is 0.865 bits per heavy atom. The molecule has 0 fully saturated rings. The Morgan fingerprint density at radius 1 is 0.486 bits per heavy atom. The van der Waals surface area contributed by atoms with Crippen LogP contribution in [0.25, 0.3) is 0 Å². The van der Waals surface area contributed by atoms with Gasteiger partial charge in [0.25, 0.3) is 0 Å². The lowest BCUT2D eigenvalue weighted by atomic mass is 10.2. The van der Waals surface area contributed by atoms with Gasteiger partial charge in [0.2, 0.25) is 0 Å². The largest absolute Gasteiger partial charge is 0.489 e. The van der Waals surface area contributed by atoms with Gasteiger partial charge in [-0.15, -0.1) is 0 Å². The van der Waals surface area contributed by atoms with Crippen LogP contribution in [0.4, 0.5) is 0 Å². The molecule has 10 nitrogen and oxygen atoms in total. The molecule has 0 N–H and O–H groups in total. The summed E-state index contributed by atoms with van der Waals surface area (Å²) < 4.78 is 55.6. The zero-order valence-electron chi connectivity index (χ0n) is 23.4. The average Bonchev–Trinajstić information content (AvgIpc) is 2.90. The molecule has 0 saturated heterocycles. The molecule has 1 aromatic carbocycles. The summed E-state index contributed by atoms with van der Waals surface area (Å²) in [4.78, 5) is 0. The molecular weight excluding hydrogens is 484 g/mol. The smallest absolute Gasteiger partial charge is 0.161 e. The molecule has 0 bridgehead atoms. The van der Waals surface area contributed by atoms with E-state index in [2.05, 4.69) is 0 Å². The molecule has 0 atom stereocenters. The highest BCUT2D eigenvalue weighted by Crippen LogP contribution is 2.29. The second-order valence-electron chi connectivity index (χ2n) is 8.58. The Kier molecular flexibility index (Phi) is 21.4. The number of hydrogen-bond donors (Lipinski definition) is 0. The lowest BCUT2D eigenvalue weighted by Gasteiger charge is -2.21. The van der Waals surface area contributed by atoms with Crippen molar-refractivity contribution in [2.24, 2.45) is 11.8 Å². The molecule has 0 radical (unpaired) electrons. The van der Waals surface area contributed by atoms with E-state index in [0.717, 1.165) is 5.56 Å². The van der Waals surface area contributed by atoms with Gasteiger partial charge in [0.15, 0.2) is 11.5 Å². The first kappa shape index (κ1) is 33.5. The van der Waals surface area contributed by atoms with Crippen LogP contribution in [-0.4, -0.2) is 121 Å². The molecule has 0 aliphatic rings. The van der Waals surface area contributed by atoms with Crippen molar-refractivity contribution in [3.8, 4) is 11.5 Å². The van der Waals surface area contributed by atoms with Crippen molar-refractivity contribution in [1.82, 2.24) is 0 Å². The maximum absolute atomic E-state index is 6.21. The van der Waals surface area contributed by atoms with Crippen molar-refractivity contribution >= 4 is 0 Å². The van der Waals surface area contributed by atoms with Crippen molar-refractivity contribution in [2.45, 2.75) is 6.92 Å². The van der Waals surface area contributed by atoms with Gasteiger partial charge in [-0.25, -0.2) is 0 Å². The average molecular weight is 533 g/mol. The predicted molar refractivity (Wildman–Crippen MR) is 140 cm³/mol. The van der Waals surface area contributed by atoms with Crippen LogP contribution in [0.15, 0.2) is 18.2 Å². The van der Waals surface area contributed by atoms with Gasteiger partial charge in [0.1, 0.15) is 0 Å². The summed E-state index contributed by atoms with van der Waals surface area (Å²) in [5.41, 5.74) is 1.08. The lowest BCUT2D eigenvalue weighted by Crippen LogP contribution is -2.26. The van der Waals surface area contributed by atoms with Crippen LogP contribution >= 0.6 is 0 Å². The van der Waals surface area contributed by atoms with Crippen LogP contribution < -0.4 is 9.47 Å². The normalized spacial score (nSPS) is 11.5. The summed E-state index contributed by atoms with van der Waals surface area (Å²) in [5, 5.41) is 0. The van der Waals surface area contributed by atoms with Crippen molar-refractivity contribution in [3.63, 3.8) is 0 Å². The van der Waals surface area contributed by atoms with Gasteiger partial charge >= 0.3 is 0 Å². The van der Waals surface area contributed by atoms with E-state index in [9.17, 15) is 0 Å². The van der Waals surface area contributed by atoms with E-state index in [0.29, 0.717) is 104 Å². The van der Waals surface area contributed by atoms with E-state index < -0.39 is 0 Å². The van der Waals surface area contributed by atoms with Gasteiger partial charge in [-0.1, -0.05) is 6.07 Å². The van der Waals surface area contributed by atoms with Gasteiger partial charge in [-0.05, 0) is 24.6 Å². The maximum Gasteiger partial charge on any atom is 0.161 e. The SMILES string of the molecule is COCCOCC(COCCOC)COc1ccc(C)cc1OCC(COCCOC)COCCOC. The summed E-state index contributed by atoms with van der Waals surface area (Å²) in [6, 6.07) is 5.90. The fourth-order valence-corrected chi connectivity index (χ4v) is 3.12. The standard InChI is InChI=1S/C27H48O10/c1-23-6-7-26(36-21-24(17-32-12-8-28-2)18-33-13-9-29-3)27(16-23)37-22-25(19-34-14-10-30-4)20-35-15-11-31-5/h6-7,16,24-25H,8-15,17-22H2,1-5H3. The van der Waals surface area contributed by atoms with Gasteiger partial charge in [0, 0.05) is 40.3 Å². The van der Waals surface area contributed by atoms with Crippen LogP contribution in [0.2, 0.25) is 0 Å². The molecule has 37 heavy (non-hydrogen) atoms. The summed E-state index contributed by atoms with van der Waals surface area (Å²) in [6.07, 6.45) is 0. The molecule has 1 rings (SSSR count). The fraction of sp³-hybridized carbons (Fsp3) is 0.778. The summed E-state index contributed by atoms with van der Waals surface area (Å²) in [7, 11) is 6.61. The molecule has 10 heteroatoms. The molecule has 0 aromatic heterocycles. The van der Waals surface area contributed by atoms with Crippen LogP contribution in [0.5, 0.6) is 11.5 Å². The van der Waals surface area contributed by atoms with E-state index in [-0.39, 0.29) is 11.8 Å². The highest BCUT2D eigenvalue weighted by molar-refractivity contribution is 5.42. The minimum Gasteiger partial charge on any atom is -0.489 e. The number of benzene rings is 1. The minimum absolute atomic E-state index is 0.0400. The first-order valence-electron chi connectivity index (χ1n) is 12.8. The number of ether oxygens (including phenoxy) is 10. The van der Waals surface area contributed by atoms with Crippen LogP contribution in [-0.2, 0) is 37.9 Å². The summed E-state index contributed by atoms with van der Waals surface area (Å²) in [6.45, 7) is 9.09. The summed E-state index contributed by atoms with van der Waals surface area (Å²) in [5.74, 6) is 1.43. The topological polar surface area (TPSA) is 92.3 Å². The van der Waals surface area contributed by atoms with Crippen LogP contribution in [0, 0.1) is 18.8 Å². The second kappa shape index (κ2) is 23.6. The maximum atomic E-state index is 6.21. The number of methoxy groups -OCH3 is 4. The van der Waals surface area contributed by atoms with Crippen LogP contribution in [0.3, 0.4) is 0 Å². The minimum atomic E-state index is 0.0400. The van der Waals surface area contributed by atoms with Crippen LogP contribution in [0.1, 0.15) is 5.56 Å². The zero-order valence-corrected chi connectivity index (χ0v) is 23.4. The van der Waals surface area contributed by atoms with E-state index in [1.165, 1.54) is 0 Å². The highest BCUT2D eigenvalue weighted by atomic mass is 16.5. The Labute approximate surface area is 222 Å². The molecule has 1 aromatic rings. The number of aryl methyl sites for hydroxylation is 1. The Bertz CT molecular complexity index is 622. The monoisotopic (exact) mass is 532 g/mol. The molecule has 0 aliphatic heterocycles. The third-order valence-electron chi connectivity index (χ3n) is 5.19. The molecule has 0 spiro atoms. The van der Waals surface area contributed by atoms with Gasteiger partial charge in [0.05, 0.1) is 92.5 Å². The molecule has 0 amide bonds. The first-order chi connectivity index (χ1) is 18.1. The Morgan fingerprint density at radius 3 is 1.24 bits per heavy atom. The lowest BCUT2D eigenvalue weighted by molar-refractivity contribution is -0.00803. The van der Waals surface area contributed by atoms with Gasteiger partial charge in [-0.2, -0.15) is 0 Å². The number of hydrogen-bond acceptors (Lipinski definition) is 10. The quantitative estimate of drug-likeness (QED) is 0.166. The molecule has 0 heterocycles. The van der Waals surface area contributed by atoms with Crippen molar-refractivity contribution in [2.75, 3.05) is 121 Å². The van der Waals surface area contributed by atoms with Gasteiger partial charge < -0.3 is 47.4 Å². The zero-order chi connectivity index (χ0) is 27.0. The Balaban J connectivity index is 2.72. The van der Waals surface area contributed by atoms with E-state index in [1.54, 1.807) is 28.4 Å². The van der Waals surface area contributed by atoms with E-state index in [4.69, 9.17) is 47.4 Å². The van der Waals surface area contributed by atoms with Crippen molar-refractivity contribution < 1.29 is 47.4 Å². The highest BCUT2D eigenvalue weighted by Gasteiger charge is 2.16. The molecule has 0 aliphatic carbocycles. The molecule has 216 valence electrons. The van der Waals surface area contributed by atoms with Crippen molar-refractivity contribution in [3.05, 3.63) is 23.8 Å². The van der Waals surface area contributed by atoms with Gasteiger partial charge in [-0.3, -0.25) is 0 Å². The fourth-order valence-electron chi connectivity index (χ4n) is 3.12. The third kappa shape index (κ3) is 17.6. The Hall–Kier alpha value is -1.50. The first-order valence-corrected chi connectivity index (χ1v) is 12.8. The third-order valence-corrected chi connectivity index (χ3v) is 5.19.